The van der Waals surface area contributed by atoms with Crippen LogP contribution in [0.15, 0.2) is 0 Å². The Hall–Kier alpha value is -0.140. The Bertz CT molecular complexity index is 212. The van der Waals surface area contributed by atoms with Crippen LogP contribution < -0.4 is 10.5 Å². The molecule has 0 saturated heterocycles. The fraction of sp³-hybridized carbons (Fsp3) is 0.667. The Morgan fingerprint density at radius 3 is 2.40 bits per heavy atom. The molecule has 0 radical (unpaired) electrons. The first kappa shape index (κ1) is 9.86. The van der Waals surface area contributed by atoms with E-state index in [-0.39, 0.29) is 11.2 Å². The molecule has 1 amide bonds. The van der Waals surface area contributed by atoms with E-state index >= 15 is 0 Å². The Balaban J connectivity index is 3.81. The predicted octanol–water partition coefficient (Wildman–Crippen LogP) is -1.26. The summed E-state index contributed by atoms with van der Waals surface area (Å²) >= 11 is 2.72. The van der Waals surface area contributed by atoms with Crippen LogP contribution in [-0.4, -0.2) is 25.5 Å². The summed E-state index contributed by atoms with van der Waals surface area (Å²) in [5, 5.41) is 0. The number of primary amides is 1. The summed E-state index contributed by atoms with van der Waals surface area (Å²) in [5.41, 5.74) is 4.67. The Kier molecular flexibility index (Phi) is 3.84. The van der Waals surface area contributed by atoms with Gasteiger partial charge in [-0.15, -0.1) is 0 Å². The van der Waals surface area contributed by atoms with E-state index < -0.39 is 15.9 Å². The SMILES string of the molecule is NC(=O)CNS(=O)(=O)CBr. The highest BCUT2D eigenvalue weighted by molar-refractivity contribution is 9.10. The van der Waals surface area contributed by atoms with Gasteiger partial charge in [0.05, 0.1) is 6.54 Å². The lowest BCUT2D eigenvalue weighted by atomic mass is 10.7. The summed E-state index contributed by atoms with van der Waals surface area (Å²) in [7, 11) is -3.35. The second-order valence-corrected chi connectivity index (χ2v) is 4.62. The quantitative estimate of drug-likeness (QED) is 0.592. The van der Waals surface area contributed by atoms with Gasteiger partial charge in [0, 0.05) is 0 Å². The van der Waals surface area contributed by atoms with Gasteiger partial charge in [0.2, 0.25) is 15.9 Å². The Labute approximate surface area is 67.1 Å². The summed E-state index contributed by atoms with van der Waals surface area (Å²) < 4.78 is 22.8. The van der Waals surface area contributed by atoms with E-state index in [1.54, 1.807) is 0 Å². The van der Waals surface area contributed by atoms with Gasteiger partial charge in [0.1, 0.15) is 4.66 Å². The number of carbonyl (C=O) groups is 1. The first-order valence-corrected chi connectivity index (χ1v) is 5.07. The smallest absolute Gasteiger partial charge is 0.232 e. The van der Waals surface area contributed by atoms with Crippen molar-refractivity contribution >= 4 is 31.9 Å². The minimum Gasteiger partial charge on any atom is -0.369 e. The highest BCUT2D eigenvalue weighted by Gasteiger charge is 2.07. The molecule has 0 aromatic heterocycles. The molecule has 0 saturated carbocycles. The molecule has 0 aliphatic rings. The molecule has 0 bridgehead atoms. The van der Waals surface area contributed by atoms with E-state index in [0.29, 0.717) is 0 Å². The molecule has 0 aliphatic heterocycles. The number of carbonyl (C=O) groups excluding carboxylic acids is 1. The zero-order valence-corrected chi connectivity index (χ0v) is 7.41. The van der Waals surface area contributed by atoms with Gasteiger partial charge in [-0.3, -0.25) is 4.79 Å². The fourth-order valence-electron chi connectivity index (χ4n) is 0.220. The maximum Gasteiger partial charge on any atom is 0.232 e. The molecule has 0 aliphatic carbocycles. The third kappa shape index (κ3) is 4.71. The second kappa shape index (κ2) is 3.89. The van der Waals surface area contributed by atoms with Crippen molar-refractivity contribution in [3.05, 3.63) is 0 Å². The number of nitrogens with one attached hydrogen (secondary N) is 1. The maximum atomic E-state index is 10.5. The van der Waals surface area contributed by atoms with Gasteiger partial charge in [-0.2, -0.15) is 0 Å². The molecule has 7 heteroatoms. The van der Waals surface area contributed by atoms with Crippen molar-refractivity contribution in [2.75, 3.05) is 11.2 Å². The van der Waals surface area contributed by atoms with Crippen LogP contribution in [0.2, 0.25) is 0 Å². The van der Waals surface area contributed by atoms with Crippen molar-refractivity contribution in [2.45, 2.75) is 0 Å². The number of rotatable bonds is 4. The summed E-state index contributed by atoms with van der Waals surface area (Å²) in [5.74, 6) is -0.704. The van der Waals surface area contributed by atoms with Crippen molar-refractivity contribution in [1.29, 1.82) is 0 Å². The zero-order chi connectivity index (χ0) is 8.20. The van der Waals surface area contributed by atoms with Gasteiger partial charge in [-0.25, -0.2) is 13.1 Å². The summed E-state index contributed by atoms with van der Waals surface area (Å²) in [6, 6.07) is 0. The van der Waals surface area contributed by atoms with Crippen molar-refractivity contribution in [3.8, 4) is 0 Å². The van der Waals surface area contributed by atoms with E-state index in [4.69, 9.17) is 0 Å². The van der Waals surface area contributed by atoms with Gasteiger partial charge in [0.15, 0.2) is 0 Å². The van der Waals surface area contributed by atoms with E-state index in [1.165, 1.54) is 0 Å². The van der Waals surface area contributed by atoms with Crippen molar-refractivity contribution in [3.63, 3.8) is 0 Å². The van der Waals surface area contributed by atoms with Crippen LogP contribution in [0.1, 0.15) is 0 Å². The third-order valence-corrected chi connectivity index (χ3v) is 3.29. The van der Waals surface area contributed by atoms with Crippen LogP contribution in [-0.2, 0) is 14.8 Å². The average Bonchev–Trinajstić information content (AvgIpc) is 1.85. The standard InChI is InChI=1S/C3H7BrN2O3S/c4-2-10(8,9)6-1-3(5)7/h6H,1-2H2,(H2,5,7). The molecule has 0 aromatic rings. The molecule has 10 heavy (non-hydrogen) atoms. The minimum atomic E-state index is -3.35. The normalized spacial score (nSPS) is 11.3. The Morgan fingerprint density at radius 2 is 2.10 bits per heavy atom. The zero-order valence-electron chi connectivity index (χ0n) is 5.00. The second-order valence-electron chi connectivity index (χ2n) is 1.51. The highest BCUT2D eigenvalue weighted by Crippen LogP contribution is 1.88. The van der Waals surface area contributed by atoms with Crippen LogP contribution in [0.5, 0.6) is 0 Å². The van der Waals surface area contributed by atoms with Crippen LogP contribution >= 0.6 is 15.9 Å². The molecule has 0 aromatic carbocycles. The highest BCUT2D eigenvalue weighted by atomic mass is 79.9. The lowest BCUT2D eigenvalue weighted by Crippen LogP contribution is -2.33. The number of hydrogen-bond acceptors (Lipinski definition) is 3. The molecule has 0 fully saturated rings. The number of nitrogens with two attached hydrogens (primary N) is 1. The predicted molar refractivity (Wildman–Crippen MR) is 39.9 cm³/mol. The fourth-order valence-corrected chi connectivity index (χ4v) is 1.14. The summed E-state index contributed by atoms with van der Waals surface area (Å²) in [6.45, 7) is -0.353. The van der Waals surface area contributed by atoms with E-state index in [9.17, 15) is 13.2 Å². The molecule has 0 unspecified atom stereocenters. The number of alkyl halides is 1. The van der Waals surface area contributed by atoms with Gasteiger partial charge in [-0.05, 0) is 0 Å². The summed E-state index contributed by atoms with van der Waals surface area (Å²) in [6.07, 6.45) is 0. The van der Waals surface area contributed by atoms with Crippen molar-refractivity contribution in [2.24, 2.45) is 5.73 Å². The Morgan fingerprint density at radius 1 is 1.60 bits per heavy atom. The number of amides is 1. The van der Waals surface area contributed by atoms with Crippen molar-refractivity contribution < 1.29 is 13.2 Å². The molecule has 0 heterocycles. The third-order valence-electron chi connectivity index (χ3n) is 0.610. The first-order chi connectivity index (χ1) is 4.48. The molecular weight excluding hydrogens is 224 g/mol. The maximum absolute atomic E-state index is 10.5. The van der Waals surface area contributed by atoms with Gasteiger partial charge in [0.25, 0.3) is 0 Å². The molecule has 0 rings (SSSR count). The minimum absolute atomic E-state index is 0.229. The van der Waals surface area contributed by atoms with Gasteiger partial charge >= 0.3 is 0 Å². The lowest BCUT2D eigenvalue weighted by Gasteiger charge is -1.98. The topological polar surface area (TPSA) is 89.3 Å². The average molecular weight is 231 g/mol. The van der Waals surface area contributed by atoms with Gasteiger partial charge in [-0.1, -0.05) is 15.9 Å². The van der Waals surface area contributed by atoms with E-state index in [1.807, 2.05) is 4.72 Å². The number of hydrogen-bond donors (Lipinski definition) is 2. The van der Waals surface area contributed by atoms with Crippen LogP contribution in [0.4, 0.5) is 0 Å². The van der Waals surface area contributed by atoms with Gasteiger partial charge < -0.3 is 5.73 Å². The van der Waals surface area contributed by atoms with Crippen molar-refractivity contribution in [1.82, 2.24) is 4.72 Å². The van der Waals surface area contributed by atoms with Crippen LogP contribution in [0, 0.1) is 0 Å². The first-order valence-electron chi connectivity index (χ1n) is 2.29. The van der Waals surface area contributed by atoms with Crippen LogP contribution in [0.25, 0.3) is 0 Å². The molecule has 0 atom stereocenters. The number of sulfonamides is 1. The van der Waals surface area contributed by atoms with E-state index in [0.717, 1.165) is 0 Å². The summed E-state index contributed by atoms with van der Waals surface area (Å²) in [4.78, 5) is 10.0. The van der Waals surface area contributed by atoms with Crippen LogP contribution in [0.3, 0.4) is 0 Å². The largest absolute Gasteiger partial charge is 0.369 e. The lowest BCUT2D eigenvalue weighted by molar-refractivity contribution is -0.116. The molecule has 5 nitrogen and oxygen atoms in total. The van der Waals surface area contributed by atoms with E-state index in [2.05, 4.69) is 21.7 Å². The monoisotopic (exact) mass is 230 g/mol. The number of halogens is 1. The molecular formula is C3H7BrN2O3S. The molecule has 3 N–H and O–H groups in total. The molecule has 0 spiro atoms. The molecule has 60 valence electrons.